The van der Waals surface area contributed by atoms with E-state index in [1.165, 1.54) is 31.2 Å². The Bertz CT molecular complexity index is 364. The Morgan fingerprint density at radius 3 is 3.00 bits per heavy atom. The molecule has 2 heteroatoms. The van der Waals surface area contributed by atoms with Gasteiger partial charge in [-0.3, -0.25) is 0 Å². The minimum atomic E-state index is 0.704. The molecule has 0 bridgehead atoms. The first-order chi connectivity index (χ1) is 8.83. The Balaban J connectivity index is 1.77. The van der Waals surface area contributed by atoms with Gasteiger partial charge in [-0.1, -0.05) is 25.5 Å². The van der Waals surface area contributed by atoms with Crippen molar-refractivity contribution >= 4 is 0 Å². The predicted octanol–water partition coefficient (Wildman–Crippen LogP) is 3.41. The van der Waals surface area contributed by atoms with Crippen LogP contribution in [0.15, 0.2) is 24.3 Å². The lowest BCUT2D eigenvalue weighted by molar-refractivity contribution is 0.263. The highest BCUT2D eigenvalue weighted by Gasteiger charge is 2.25. The zero-order valence-electron chi connectivity index (χ0n) is 11.6. The van der Waals surface area contributed by atoms with Gasteiger partial charge in [-0.2, -0.15) is 0 Å². The van der Waals surface area contributed by atoms with E-state index < -0.39 is 0 Å². The summed E-state index contributed by atoms with van der Waals surface area (Å²) in [6.45, 7) is 3.02. The SMILES string of the molecule is CCc1cccc(OCCC2CCCC2NC)c1. The van der Waals surface area contributed by atoms with Gasteiger partial charge in [0.1, 0.15) is 5.75 Å². The van der Waals surface area contributed by atoms with E-state index in [2.05, 4.69) is 43.6 Å². The van der Waals surface area contributed by atoms with Crippen molar-refractivity contribution in [3.63, 3.8) is 0 Å². The molecule has 1 saturated carbocycles. The number of hydrogen-bond donors (Lipinski definition) is 1. The normalized spacial score (nSPS) is 23.2. The summed E-state index contributed by atoms with van der Waals surface area (Å²) in [5.74, 6) is 1.82. The maximum Gasteiger partial charge on any atom is 0.119 e. The van der Waals surface area contributed by atoms with Gasteiger partial charge < -0.3 is 10.1 Å². The molecule has 1 aliphatic rings. The van der Waals surface area contributed by atoms with Crippen LogP contribution in [0, 0.1) is 5.92 Å². The average Bonchev–Trinajstić information content (AvgIpc) is 2.86. The van der Waals surface area contributed by atoms with Crippen molar-refractivity contribution in [3.05, 3.63) is 29.8 Å². The molecule has 0 radical (unpaired) electrons. The van der Waals surface area contributed by atoms with Gasteiger partial charge in [0.05, 0.1) is 6.61 Å². The molecule has 1 aromatic rings. The van der Waals surface area contributed by atoms with E-state index >= 15 is 0 Å². The van der Waals surface area contributed by atoms with Crippen LogP contribution in [0.25, 0.3) is 0 Å². The molecule has 18 heavy (non-hydrogen) atoms. The minimum Gasteiger partial charge on any atom is -0.494 e. The highest BCUT2D eigenvalue weighted by Crippen LogP contribution is 2.28. The smallest absolute Gasteiger partial charge is 0.119 e. The summed E-state index contributed by atoms with van der Waals surface area (Å²) < 4.78 is 5.88. The molecule has 100 valence electrons. The molecule has 0 saturated heterocycles. The number of rotatable bonds is 6. The Morgan fingerprint density at radius 1 is 1.33 bits per heavy atom. The third-order valence-corrected chi connectivity index (χ3v) is 4.09. The van der Waals surface area contributed by atoms with E-state index in [1.807, 2.05) is 0 Å². The second-order valence-electron chi connectivity index (χ2n) is 5.22. The maximum absolute atomic E-state index is 5.88. The molecule has 0 amide bonds. The van der Waals surface area contributed by atoms with Crippen LogP contribution in [0.4, 0.5) is 0 Å². The van der Waals surface area contributed by atoms with Crippen molar-refractivity contribution in [1.29, 1.82) is 0 Å². The minimum absolute atomic E-state index is 0.704. The fourth-order valence-corrected chi connectivity index (χ4v) is 2.95. The summed E-state index contributed by atoms with van der Waals surface area (Å²) in [4.78, 5) is 0. The number of aryl methyl sites for hydroxylation is 1. The first-order valence-electron chi connectivity index (χ1n) is 7.22. The zero-order valence-corrected chi connectivity index (χ0v) is 11.6. The first-order valence-corrected chi connectivity index (χ1v) is 7.22. The molecule has 1 aliphatic carbocycles. The second-order valence-corrected chi connectivity index (χ2v) is 5.22. The maximum atomic E-state index is 5.88. The molecule has 2 unspecified atom stereocenters. The van der Waals surface area contributed by atoms with Gasteiger partial charge in [-0.05, 0) is 56.3 Å². The van der Waals surface area contributed by atoms with Crippen molar-refractivity contribution in [2.24, 2.45) is 5.92 Å². The van der Waals surface area contributed by atoms with Crippen LogP contribution in [0.2, 0.25) is 0 Å². The molecule has 0 spiro atoms. The highest BCUT2D eigenvalue weighted by atomic mass is 16.5. The first kappa shape index (κ1) is 13.4. The van der Waals surface area contributed by atoms with E-state index in [4.69, 9.17) is 4.74 Å². The van der Waals surface area contributed by atoms with Crippen molar-refractivity contribution in [3.8, 4) is 5.75 Å². The zero-order chi connectivity index (χ0) is 12.8. The number of ether oxygens (including phenoxy) is 1. The molecule has 1 N–H and O–H groups in total. The molecule has 2 rings (SSSR count). The Morgan fingerprint density at radius 2 is 2.22 bits per heavy atom. The van der Waals surface area contributed by atoms with Crippen LogP contribution in [0.5, 0.6) is 5.75 Å². The van der Waals surface area contributed by atoms with E-state index in [0.29, 0.717) is 6.04 Å². The monoisotopic (exact) mass is 247 g/mol. The van der Waals surface area contributed by atoms with Crippen LogP contribution >= 0.6 is 0 Å². The van der Waals surface area contributed by atoms with Gasteiger partial charge in [0.25, 0.3) is 0 Å². The van der Waals surface area contributed by atoms with Crippen LogP contribution < -0.4 is 10.1 Å². The van der Waals surface area contributed by atoms with Crippen molar-refractivity contribution in [1.82, 2.24) is 5.32 Å². The molecule has 2 atom stereocenters. The standard InChI is InChI=1S/C16H25NO/c1-3-13-6-4-8-15(12-13)18-11-10-14-7-5-9-16(14)17-2/h4,6,8,12,14,16-17H,3,5,7,9-11H2,1-2H3. The highest BCUT2D eigenvalue weighted by molar-refractivity contribution is 5.28. The molecule has 1 aromatic carbocycles. The van der Waals surface area contributed by atoms with Crippen LogP contribution in [-0.4, -0.2) is 19.7 Å². The van der Waals surface area contributed by atoms with Crippen molar-refractivity contribution in [2.75, 3.05) is 13.7 Å². The van der Waals surface area contributed by atoms with E-state index in [9.17, 15) is 0 Å². The molecule has 0 heterocycles. The van der Waals surface area contributed by atoms with Gasteiger partial charge in [-0.15, -0.1) is 0 Å². The fourth-order valence-electron chi connectivity index (χ4n) is 2.95. The summed E-state index contributed by atoms with van der Waals surface area (Å²) in [5.41, 5.74) is 1.35. The number of nitrogens with one attached hydrogen (secondary N) is 1. The number of hydrogen-bond acceptors (Lipinski definition) is 2. The molecule has 1 fully saturated rings. The molecule has 0 aromatic heterocycles. The Hall–Kier alpha value is -1.02. The largest absolute Gasteiger partial charge is 0.494 e. The van der Waals surface area contributed by atoms with Crippen LogP contribution in [-0.2, 0) is 6.42 Å². The lowest BCUT2D eigenvalue weighted by atomic mass is 10.0. The van der Waals surface area contributed by atoms with Gasteiger partial charge in [0.2, 0.25) is 0 Å². The molecular weight excluding hydrogens is 222 g/mol. The van der Waals surface area contributed by atoms with E-state index in [1.54, 1.807) is 0 Å². The van der Waals surface area contributed by atoms with Crippen LogP contribution in [0.3, 0.4) is 0 Å². The second kappa shape index (κ2) is 6.79. The molecule has 0 aliphatic heterocycles. The molecule has 2 nitrogen and oxygen atoms in total. The average molecular weight is 247 g/mol. The van der Waals surface area contributed by atoms with Gasteiger partial charge in [-0.25, -0.2) is 0 Å². The lowest BCUT2D eigenvalue weighted by Crippen LogP contribution is -2.29. The third kappa shape index (κ3) is 3.49. The van der Waals surface area contributed by atoms with Gasteiger partial charge in [0.15, 0.2) is 0 Å². The Kier molecular flexibility index (Phi) is 5.06. The molecular formula is C16H25NO. The fraction of sp³-hybridized carbons (Fsp3) is 0.625. The van der Waals surface area contributed by atoms with Gasteiger partial charge in [0, 0.05) is 6.04 Å². The lowest BCUT2D eigenvalue weighted by Gasteiger charge is -2.19. The topological polar surface area (TPSA) is 21.3 Å². The van der Waals surface area contributed by atoms with E-state index in [-0.39, 0.29) is 0 Å². The predicted molar refractivity (Wildman–Crippen MR) is 76.1 cm³/mol. The summed E-state index contributed by atoms with van der Waals surface area (Å²) in [7, 11) is 2.08. The summed E-state index contributed by atoms with van der Waals surface area (Å²) >= 11 is 0. The van der Waals surface area contributed by atoms with Gasteiger partial charge >= 0.3 is 0 Å². The number of benzene rings is 1. The Labute approximate surface area is 111 Å². The summed E-state index contributed by atoms with van der Waals surface area (Å²) in [6, 6.07) is 9.16. The summed E-state index contributed by atoms with van der Waals surface area (Å²) in [6.07, 6.45) is 6.28. The van der Waals surface area contributed by atoms with Crippen molar-refractivity contribution in [2.45, 2.75) is 45.1 Å². The van der Waals surface area contributed by atoms with Crippen LogP contribution in [0.1, 0.15) is 38.2 Å². The summed E-state index contributed by atoms with van der Waals surface area (Å²) in [5, 5.41) is 3.43. The van der Waals surface area contributed by atoms with Crippen molar-refractivity contribution < 1.29 is 4.74 Å². The third-order valence-electron chi connectivity index (χ3n) is 4.09. The quantitative estimate of drug-likeness (QED) is 0.832. The van der Waals surface area contributed by atoms with E-state index in [0.717, 1.165) is 24.7 Å².